The summed E-state index contributed by atoms with van der Waals surface area (Å²) in [6.07, 6.45) is -1.06. The minimum absolute atomic E-state index is 0.155. The molecule has 19 heavy (non-hydrogen) atoms. The van der Waals surface area contributed by atoms with Gasteiger partial charge in [-0.3, -0.25) is 0 Å². The topological polar surface area (TPSA) is 35.8 Å². The van der Waals surface area contributed by atoms with Crippen molar-refractivity contribution < 1.29 is 13.2 Å². The van der Waals surface area contributed by atoms with Crippen LogP contribution < -0.4 is 5.32 Å². The van der Waals surface area contributed by atoms with Crippen molar-refractivity contribution in [1.82, 2.24) is 0 Å². The van der Waals surface area contributed by atoms with Crippen molar-refractivity contribution >= 4 is 5.69 Å². The summed E-state index contributed by atoms with van der Waals surface area (Å²) in [5.41, 5.74) is -0.791. The van der Waals surface area contributed by atoms with Gasteiger partial charge in [0.2, 0.25) is 0 Å². The van der Waals surface area contributed by atoms with Gasteiger partial charge >= 0.3 is 6.18 Å². The molecule has 1 aliphatic carbocycles. The molecule has 0 radical (unpaired) electrons. The van der Waals surface area contributed by atoms with Gasteiger partial charge in [-0.1, -0.05) is 6.42 Å². The number of nitrogens with zero attached hydrogens (tertiary/aromatic N) is 1. The van der Waals surface area contributed by atoms with Crippen molar-refractivity contribution in [3.63, 3.8) is 0 Å². The highest BCUT2D eigenvalue weighted by atomic mass is 19.4. The van der Waals surface area contributed by atoms with E-state index in [0.717, 1.165) is 18.9 Å². The van der Waals surface area contributed by atoms with E-state index in [4.69, 9.17) is 5.26 Å². The van der Waals surface area contributed by atoms with Gasteiger partial charge in [0, 0.05) is 11.7 Å². The summed E-state index contributed by atoms with van der Waals surface area (Å²) >= 11 is 0. The number of hydrogen-bond acceptors (Lipinski definition) is 2. The zero-order valence-corrected chi connectivity index (χ0v) is 10.6. The average Bonchev–Trinajstić information content (AvgIpc) is 2.25. The second-order valence-corrected chi connectivity index (χ2v) is 4.99. The first-order valence-electron chi connectivity index (χ1n) is 6.29. The summed E-state index contributed by atoms with van der Waals surface area (Å²) < 4.78 is 38.4. The standard InChI is InChI=1S/C14H15F3N2/c1-9(10-3-2-4-10)19-12-6-5-11(8-18)13(7-12)14(15,16)17/h5-7,9-10,19H,2-4H2,1H3. The highest BCUT2D eigenvalue weighted by molar-refractivity contribution is 5.53. The molecule has 1 N–H and O–H groups in total. The largest absolute Gasteiger partial charge is 0.417 e. The van der Waals surface area contributed by atoms with Gasteiger partial charge < -0.3 is 5.32 Å². The predicted molar refractivity (Wildman–Crippen MR) is 66.6 cm³/mol. The molecule has 0 aliphatic heterocycles. The van der Waals surface area contributed by atoms with Crippen molar-refractivity contribution in [2.45, 2.75) is 38.4 Å². The van der Waals surface area contributed by atoms with Gasteiger partial charge in [-0.2, -0.15) is 18.4 Å². The molecule has 1 fully saturated rings. The van der Waals surface area contributed by atoms with Crippen LogP contribution in [0.3, 0.4) is 0 Å². The van der Waals surface area contributed by atoms with Gasteiger partial charge in [0.25, 0.3) is 0 Å². The molecule has 0 spiro atoms. The van der Waals surface area contributed by atoms with Gasteiger partial charge in [-0.05, 0) is 43.9 Å². The van der Waals surface area contributed by atoms with Crippen LogP contribution >= 0.6 is 0 Å². The number of nitriles is 1. The molecule has 0 bridgehead atoms. The maximum absolute atomic E-state index is 12.8. The zero-order chi connectivity index (χ0) is 14.0. The third kappa shape index (κ3) is 3.01. The number of nitrogens with one attached hydrogen (secondary N) is 1. The van der Waals surface area contributed by atoms with Crippen LogP contribution in [0.4, 0.5) is 18.9 Å². The van der Waals surface area contributed by atoms with Crippen molar-refractivity contribution in [2.75, 3.05) is 5.32 Å². The van der Waals surface area contributed by atoms with E-state index < -0.39 is 11.7 Å². The fraction of sp³-hybridized carbons (Fsp3) is 0.500. The highest BCUT2D eigenvalue weighted by Crippen LogP contribution is 2.35. The Bertz CT molecular complexity index is 498. The van der Waals surface area contributed by atoms with E-state index >= 15 is 0 Å². The van der Waals surface area contributed by atoms with Crippen LogP contribution in [0.5, 0.6) is 0 Å². The molecule has 1 saturated carbocycles. The van der Waals surface area contributed by atoms with Gasteiger partial charge in [0.1, 0.15) is 0 Å². The summed E-state index contributed by atoms with van der Waals surface area (Å²) in [5, 5.41) is 11.8. The molecule has 1 unspecified atom stereocenters. The molecule has 1 atom stereocenters. The van der Waals surface area contributed by atoms with Crippen molar-refractivity contribution in [3.8, 4) is 6.07 Å². The van der Waals surface area contributed by atoms with E-state index in [1.54, 1.807) is 6.07 Å². The Morgan fingerprint density at radius 3 is 2.53 bits per heavy atom. The average molecular weight is 268 g/mol. The highest BCUT2D eigenvalue weighted by Gasteiger charge is 2.34. The third-order valence-corrected chi connectivity index (χ3v) is 3.70. The second-order valence-electron chi connectivity index (χ2n) is 4.99. The van der Waals surface area contributed by atoms with E-state index in [1.807, 2.05) is 6.92 Å². The molecule has 0 heterocycles. The lowest BCUT2D eigenvalue weighted by molar-refractivity contribution is -0.137. The smallest absolute Gasteiger partial charge is 0.382 e. The van der Waals surface area contributed by atoms with Crippen LogP contribution in [0.1, 0.15) is 37.3 Å². The number of alkyl halides is 3. The number of anilines is 1. The Hall–Kier alpha value is -1.70. The van der Waals surface area contributed by atoms with E-state index in [0.29, 0.717) is 11.6 Å². The van der Waals surface area contributed by atoms with Crippen LogP contribution in [-0.4, -0.2) is 6.04 Å². The maximum Gasteiger partial charge on any atom is 0.417 e. The van der Waals surface area contributed by atoms with Crippen molar-refractivity contribution in [3.05, 3.63) is 29.3 Å². The summed E-state index contributed by atoms with van der Waals surface area (Å²) in [6.45, 7) is 1.98. The molecular formula is C14H15F3N2. The van der Waals surface area contributed by atoms with E-state index in [9.17, 15) is 13.2 Å². The Morgan fingerprint density at radius 2 is 2.05 bits per heavy atom. The zero-order valence-electron chi connectivity index (χ0n) is 10.6. The summed E-state index contributed by atoms with van der Waals surface area (Å²) in [4.78, 5) is 0. The van der Waals surface area contributed by atoms with Gasteiger partial charge in [0.15, 0.2) is 0 Å². The fourth-order valence-electron chi connectivity index (χ4n) is 2.29. The number of benzene rings is 1. The van der Waals surface area contributed by atoms with Crippen LogP contribution in [-0.2, 0) is 6.18 Å². The lowest BCUT2D eigenvalue weighted by atomic mass is 9.80. The monoisotopic (exact) mass is 268 g/mol. The Labute approximate surface area is 110 Å². The molecule has 2 rings (SSSR count). The summed E-state index contributed by atoms with van der Waals surface area (Å²) in [7, 11) is 0. The van der Waals surface area contributed by atoms with Crippen LogP contribution in [0.25, 0.3) is 0 Å². The molecule has 0 aromatic heterocycles. The first-order chi connectivity index (χ1) is 8.91. The summed E-state index contributed by atoms with van der Waals surface area (Å²) in [5.74, 6) is 0.532. The lowest BCUT2D eigenvalue weighted by Crippen LogP contribution is -2.30. The molecule has 1 aromatic carbocycles. The van der Waals surface area contributed by atoms with Crippen molar-refractivity contribution in [1.29, 1.82) is 5.26 Å². The SMILES string of the molecule is CC(Nc1ccc(C#N)c(C(F)(F)F)c1)C1CCC1. The maximum atomic E-state index is 12.8. The molecule has 0 saturated heterocycles. The molecule has 0 amide bonds. The van der Waals surface area contributed by atoms with Crippen LogP contribution in [0.2, 0.25) is 0 Å². The van der Waals surface area contributed by atoms with Gasteiger partial charge in [0.05, 0.1) is 17.2 Å². The van der Waals surface area contributed by atoms with Crippen LogP contribution in [0.15, 0.2) is 18.2 Å². The Kier molecular flexibility index (Phi) is 3.70. The normalized spacial score (nSPS) is 17.4. The fourth-order valence-corrected chi connectivity index (χ4v) is 2.29. The van der Waals surface area contributed by atoms with Crippen molar-refractivity contribution in [2.24, 2.45) is 5.92 Å². The number of hydrogen-bond donors (Lipinski definition) is 1. The third-order valence-electron chi connectivity index (χ3n) is 3.70. The summed E-state index contributed by atoms with van der Waals surface area (Å²) in [6, 6.07) is 5.51. The first-order valence-corrected chi connectivity index (χ1v) is 6.29. The van der Waals surface area contributed by atoms with Gasteiger partial charge in [-0.25, -0.2) is 0 Å². The van der Waals surface area contributed by atoms with E-state index in [1.165, 1.54) is 18.6 Å². The molecule has 1 aromatic rings. The van der Waals surface area contributed by atoms with Gasteiger partial charge in [-0.15, -0.1) is 0 Å². The molecule has 102 valence electrons. The van der Waals surface area contributed by atoms with E-state index in [2.05, 4.69) is 5.32 Å². The molecule has 5 heteroatoms. The van der Waals surface area contributed by atoms with Crippen LogP contribution in [0, 0.1) is 17.2 Å². The predicted octanol–water partition coefficient (Wildman–Crippen LogP) is 4.18. The minimum Gasteiger partial charge on any atom is -0.382 e. The minimum atomic E-state index is -4.50. The molecular weight excluding hydrogens is 253 g/mol. The van der Waals surface area contributed by atoms with E-state index in [-0.39, 0.29) is 11.6 Å². The molecule has 1 aliphatic rings. The lowest BCUT2D eigenvalue weighted by Gasteiger charge is -2.32. The quantitative estimate of drug-likeness (QED) is 0.892. The number of halogens is 3. The number of rotatable bonds is 3. The Morgan fingerprint density at radius 1 is 1.37 bits per heavy atom. The Balaban J connectivity index is 2.20. The second kappa shape index (κ2) is 5.12. The first kappa shape index (κ1) is 13.7. The molecule has 2 nitrogen and oxygen atoms in total.